The smallest absolute Gasteiger partial charge is 0.130 e. The van der Waals surface area contributed by atoms with Crippen LogP contribution in [-0.4, -0.2) is 0 Å². The van der Waals surface area contributed by atoms with Crippen molar-refractivity contribution in [2.24, 2.45) is 0 Å². The van der Waals surface area contributed by atoms with Gasteiger partial charge in [0, 0.05) is 27.1 Å². The number of rotatable bonds is 4. The maximum absolute atomic E-state index is 13.4. The number of halogens is 4. The van der Waals surface area contributed by atoms with Gasteiger partial charge in [-0.3, -0.25) is 0 Å². The molecule has 0 aliphatic heterocycles. The highest BCUT2D eigenvalue weighted by molar-refractivity contribution is 7.97. The largest absolute Gasteiger partial charge is 0.207 e. The highest BCUT2D eigenvalue weighted by Gasteiger charge is 2.10. The van der Waals surface area contributed by atoms with E-state index in [1.165, 1.54) is 30.0 Å². The van der Waals surface area contributed by atoms with Gasteiger partial charge in [-0.2, -0.15) is 11.8 Å². The summed E-state index contributed by atoms with van der Waals surface area (Å²) in [5.74, 6) is -0.317. The van der Waals surface area contributed by atoms with E-state index in [9.17, 15) is 8.78 Å². The van der Waals surface area contributed by atoms with E-state index >= 15 is 0 Å². The van der Waals surface area contributed by atoms with Gasteiger partial charge in [0.2, 0.25) is 0 Å². The average molecular weight is 319 g/mol. The average Bonchev–Trinajstić information content (AvgIpc) is 2.36. The highest BCUT2D eigenvalue weighted by Crippen LogP contribution is 2.30. The third-order valence-corrected chi connectivity index (χ3v) is 4.31. The second-order valence-corrected chi connectivity index (χ2v) is 5.69. The van der Waals surface area contributed by atoms with Gasteiger partial charge >= 0.3 is 0 Å². The van der Waals surface area contributed by atoms with Gasteiger partial charge in [0.15, 0.2) is 0 Å². The topological polar surface area (TPSA) is 0 Å². The van der Waals surface area contributed by atoms with Crippen LogP contribution in [0.4, 0.5) is 8.78 Å². The summed E-state index contributed by atoms with van der Waals surface area (Å²) in [5.41, 5.74) is 0.864. The molecule has 0 aromatic heterocycles. The molecule has 0 fully saturated rings. The van der Waals surface area contributed by atoms with Gasteiger partial charge in [0.25, 0.3) is 0 Å². The molecule has 0 N–H and O–H groups in total. The Morgan fingerprint density at radius 2 is 1.26 bits per heavy atom. The van der Waals surface area contributed by atoms with Crippen LogP contribution in [0.25, 0.3) is 0 Å². The molecule has 0 saturated carbocycles. The Morgan fingerprint density at radius 1 is 0.789 bits per heavy atom. The normalized spacial score (nSPS) is 10.7. The predicted octanol–water partition coefficient (Wildman–Crippen LogP) is 5.71. The van der Waals surface area contributed by atoms with Crippen molar-refractivity contribution in [1.29, 1.82) is 0 Å². The summed E-state index contributed by atoms with van der Waals surface area (Å²) in [4.78, 5) is 0. The molecule has 0 unspecified atom stereocenters. The lowest BCUT2D eigenvalue weighted by Crippen LogP contribution is -1.94. The molecule has 2 aromatic rings. The molecule has 0 aliphatic carbocycles. The summed E-state index contributed by atoms with van der Waals surface area (Å²) in [5, 5.41) is 1.13. The third-order valence-electron chi connectivity index (χ3n) is 2.62. The van der Waals surface area contributed by atoms with E-state index in [0.29, 0.717) is 15.8 Å². The summed E-state index contributed by atoms with van der Waals surface area (Å²) in [7, 11) is 0. The Kier molecular flexibility index (Phi) is 5.08. The molecule has 2 aromatic carbocycles. The standard InChI is InChI=1S/C14H10Cl2F2S/c15-11-3-1-4-12(16)9(11)7-19-8-10-13(17)5-2-6-14(10)18/h1-6H,7-8H2. The first kappa shape index (κ1) is 14.6. The van der Waals surface area contributed by atoms with Crippen molar-refractivity contribution in [3.8, 4) is 0 Å². The molecule has 0 bridgehead atoms. The molecule has 0 heterocycles. The van der Waals surface area contributed by atoms with Crippen LogP contribution in [0.5, 0.6) is 0 Å². The summed E-state index contributed by atoms with van der Waals surface area (Å²) in [6, 6.07) is 9.10. The Hall–Kier alpha value is -0.770. The summed E-state index contributed by atoms with van der Waals surface area (Å²) in [6.45, 7) is 0. The molecule has 19 heavy (non-hydrogen) atoms. The fourth-order valence-corrected chi connectivity index (χ4v) is 3.38. The molecule has 100 valence electrons. The molecule has 0 atom stereocenters. The summed E-state index contributed by atoms with van der Waals surface area (Å²) in [6.07, 6.45) is 0. The molecule has 2 rings (SSSR count). The first-order valence-corrected chi connectivity index (χ1v) is 7.44. The first-order chi connectivity index (χ1) is 9.09. The van der Waals surface area contributed by atoms with Crippen LogP contribution in [0, 0.1) is 11.6 Å². The third kappa shape index (κ3) is 3.62. The minimum Gasteiger partial charge on any atom is -0.207 e. The summed E-state index contributed by atoms with van der Waals surface area (Å²) >= 11 is 13.4. The fraction of sp³-hybridized carbons (Fsp3) is 0.143. The van der Waals surface area contributed by atoms with E-state index in [4.69, 9.17) is 23.2 Å². The van der Waals surface area contributed by atoms with Crippen molar-refractivity contribution >= 4 is 35.0 Å². The zero-order chi connectivity index (χ0) is 13.8. The number of hydrogen-bond acceptors (Lipinski definition) is 1. The molecule has 0 saturated heterocycles. The predicted molar refractivity (Wildman–Crippen MR) is 77.8 cm³/mol. The van der Waals surface area contributed by atoms with E-state index in [0.717, 1.165) is 5.56 Å². The molecule has 0 spiro atoms. The zero-order valence-electron chi connectivity index (χ0n) is 9.80. The van der Waals surface area contributed by atoms with Crippen molar-refractivity contribution in [3.63, 3.8) is 0 Å². The van der Waals surface area contributed by atoms with Gasteiger partial charge < -0.3 is 0 Å². The van der Waals surface area contributed by atoms with E-state index in [1.54, 1.807) is 18.2 Å². The second-order valence-electron chi connectivity index (χ2n) is 3.89. The Balaban J connectivity index is 2.05. The van der Waals surface area contributed by atoms with Crippen molar-refractivity contribution in [2.75, 3.05) is 0 Å². The van der Waals surface area contributed by atoms with Crippen LogP contribution in [0.3, 0.4) is 0 Å². The van der Waals surface area contributed by atoms with Gasteiger partial charge in [-0.05, 0) is 29.8 Å². The van der Waals surface area contributed by atoms with Crippen LogP contribution < -0.4 is 0 Å². The fourth-order valence-electron chi connectivity index (χ4n) is 1.60. The minimum atomic E-state index is -0.530. The number of thioether (sulfide) groups is 1. The van der Waals surface area contributed by atoms with E-state index in [1.807, 2.05) is 0 Å². The quantitative estimate of drug-likeness (QED) is 0.696. The molecule has 0 aliphatic rings. The van der Waals surface area contributed by atoms with Gasteiger partial charge in [0.1, 0.15) is 11.6 Å². The molecule has 0 radical (unpaired) electrons. The van der Waals surface area contributed by atoms with Gasteiger partial charge in [-0.15, -0.1) is 0 Å². The zero-order valence-corrected chi connectivity index (χ0v) is 12.1. The van der Waals surface area contributed by atoms with Crippen molar-refractivity contribution in [1.82, 2.24) is 0 Å². The molecule has 0 amide bonds. The van der Waals surface area contributed by atoms with Crippen molar-refractivity contribution in [3.05, 3.63) is 69.2 Å². The molecular formula is C14H10Cl2F2S. The number of hydrogen-bond donors (Lipinski definition) is 0. The Bertz CT molecular complexity index is 496. The maximum atomic E-state index is 13.4. The van der Waals surface area contributed by atoms with Crippen LogP contribution in [-0.2, 0) is 11.5 Å². The van der Waals surface area contributed by atoms with Gasteiger partial charge in [0.05, 0.1) is 0 Å². The molecule has 5 heteroatoms. The van der Waals surface area contributed by atoms with Crippen LogP contribution in [0.15, 0.2) is 36.4 Å². The van der Waals surface area contributed by atoms with Crippen molar-refractivity contribution < 1.29 is 8.78 Å². The van der Waals surface area contributed by atoms with E-state index < -0.39 is 11.6 Å². The second kappa shape index (κ2) is 6.60. The highest BCUT2D eigenvalue weighted by atomic mass is 35.5. The van der Waals surface area contributed by atoms with Crippen molar-refractivity contribution in [2.45, 2.75) is 11.5 Å². The monoisotopic (exact) mass is 318 g/mol. The molecule has 0 nitrogen and oxygen atoms in total. The Labute approximate surface area is 124 Å². The Morgan fingerprint density at radius 3 is 1.84 bits per heavy atom. The van der Waals surface area contributed by atoms with E-state index in [2.05, 4.69) is 0 Å². The lowest BCUT2D eigenvalue weighted by molar-refractivity contribution is 0.566. The minimum absolute atomic E-state index is 0.0793. The SMILES string of the molecule is Fc1cccc(F)c1CSCc1c(Cl)cccc1Cl. The first-order valence-electron chi connectivity index (χ1n) is 5.53. The lowest BCUT2D eigenvalue weighted by atomic mass is 10.2. The van der Waals surface area contributed by atoms with Gasteiger partial charge in [-0.25, -0.2) is 8.78 Å². The van der Waals surface area contributed by atoms with Gasteiger partial charge in [-0.1, -0.05) is 35.3 Å². The van der Waals surface area contributed by atoms with E-state index in [-0.39, 0.29) is 11.3 Å². The van der Waals surface area contributed by atoms with Crippen LogP contribution in [0.2, 0.25) is 10.0 Å². The summed E-state index contributed by atoms with van der Waals surface area (Å²) < 4.78 is 26.9. The number of benzene rings is 2. The van der Waals surface area contributed by atoms with Crippen LogP contribution >= 0.6 is 35.0 Å². The lowest BCUT2D eigenvalue weighted by Gasteiger charge is -2.08. The molecular weight excluding hydrogens is 309 g/mol. The maximum Gasteiger partial charge on any atom is 0.130 e. The van der Waals surface area contributed by atoms with Crippen LogP contribution in [0.1, 0.15) is 11.1 Å².